The van der Waals surface area contributed by atoms with E-state index in [0.717, 1.165) is 42.6 Å². The minimum absolute atomic E-state index is 0.0525. The number of aliphatic hydroxyl groups is 1. The van der Waals surface area contributed by atoms with Gasteiger partial charge in [0, 0.05) is 30.0 Å². The van der Waals surface area contributed by atoms with Gasteiger partial charge in [-0.25, -0.2) is 0 Å². The molecule has 3 nitrogen and oxygen atoms in total. The zero-order chi connectivity index (χ0) is 23.4. The van der Waals surface area contributed by atoms with Crippen LogP contribution in [0.5, 0.6) is 0 Å². The quantitative estimate of drug-likeness (QED) is 0.423. The van der Waals surface area contributed by atoms with Crippen LogP contribution in [0.2, 0.25) is 0 Å². The van der Waals surface area contributed by atoms with E-state index in [0.29, 0.717) is 42.6 Å². The van der Waals surface area contributed by atoms with E-state index >= 15 is 0 Å². The Morgan fingerprint density at radius 1 is 1.06 bits per heavy atom. The SMILES string of the molecule is CC(C)C1=CC(C(C)C)=C(COC2=C(C3CC=CC(CN)=C3O)C=CCC2)C(C(C)C)C1. The van der Waals surface area contributed by atoms with Gasteiger partial charge in [0.15, 0.2) is 0 Å². The number of allylic oxidation sites excluding steroid dienone is 8. The standard InChI is InChI=1S/C29H43NO2/c1-18(2)22-14-25(19(3)4)27(26(15-22)20(5)6)17-32-28-13-8-7-11-23(28)24-12-9-10-21(16-30)29(24)31/h7,9-11,14,18-20,24,26,31H,8,12-13,15-17,30H2,1-6H3. The second-order valence-corrected chi connectivity index (χ2v) is 10.5. The maximum absolute atomic E-state index is 10.8. The summed E-state index contributed by atoms with van der Waals surface area (Å²) >= 11 is 0. The van der Waals surface area contributed by atoms with Crippen molar-refractivity contribution in [2.45, 2.75) is 67.2 Å². The van der Waals surface area contributed by atoms with Gasteiger partial charge in [0.2, 0.25) is 0 Å². The third-order valence-electron chi connectivity index (χ3n) is 7.29. The summed E-state index contributed by atoms with van der Waals surface area (Å²) < 4.78 is 6.61. The lowest BCUT2D eigenvalue weighted by molar-refractivity contribution is 0.201. The fraction of sp³-hybridized carbons (Fsp3) is 0.586. The molecule has 0 saturated heterocycles. The van der Waals surface area contributed by atoms with E-state index in [4.69, 9.17) is 10.5 Å². The number of hydrogen-bond donors (Lipinski definition) is 2. The molecule has 0 fully saturated rings. The molecule has 176 valence electrons. The fourth-order valence-electron chi connectivity index (χ4n) is 5.22. The minimum atomic E-state index is -0.0525. The summed E-state index contributed by atoms with van der Waals surface area (Å²) in [6.45, 7) is 14.9. The van der Waals surface area contributed by atoms with Crippen molar-refractivity contribution in [3.05, 3.63) is 69.8 Å². The maximum atomic E-state index is 10.8. The summed E-state index contributed by atoms with van der Waals surface area (Å²) in [7, 11) is 0. The Morgan fingerprint density at radius 3 is 2.44 bits per heavy atom. The van der Waals surface area contributed by atoms with E-state index in [1.807, 2.05) is 6.08 Å². The first-order valence-electron chi connectivity index (χ1n) is 12.5. The van der Waals surface area contributed by atoms with E-state index in [1.54, 1.807) is 5.57 Å². The van der Waals surface area contributed by atoms with E-state index in [-0.39, 0.29) is 5.92 Å². The molecule has 0 aromatic heterocycles. The van der Waals surface area contributed by atoms with Gasteiger partial charge in [-0.15, -0.1) is 0 Å². The summed E-state index contributed by atoms with van der Waals surface area (Å²) in [6.07, 6.45) is 14.7. The molecular weight excluding hydrogens is 394 g/mol. The fourth-order valence-corrected chi connectivity index (χ4v) is 5.22. The molecule has 0 radical (unpaired) electrons. The lowest BCUT2D eigenvalue weighted by Gasteiger charge is -2.35. The van der Waals surface area contributed by atoms with Crippen LogP contribution in [0.1, 0.15) is 67.2 Å². The highest BCUT2D eigenvalue weighted by atomic mass is 16.5. The molecule has 0 amide bonds. The number of hydrogen-bond acceptors (Lipinski definition) is 3. The topological polar surface area (TPSA) is 55.5 Å². The van der Waals surface area contributed by atoms with Crippen molar-refractivity contribution in [1.29, 1.82) is 0 Å². The Labute approximate surface area is 195 Å². The van der Waals surface area contributed by atoms with Crippen LogP contribution < -0.4 is 5.73 Å². The Hall–Kier alpha value is -2.00. The summed E-state index contributed by atoms with van der Waals surface area (Å²) in [6, 6.07) is 0. The molecule has 2 unspecified atom stereocenters. The number of rotatable bonds is 8. The van der Waals surface area contributed by atoms with Crippen molar-refractivity contribution in [3.8, 4) is 0 Å². The average Bonchev–Trinajstić information content (AvgIpc) is 2.77. The van der Waals surface area contributed by atoms with Crippen molar-refractivity contribution >= 4 is 0 Å². The van der Waals surface area contributed by atoms with Gasteiger partial charge < -0.3 is 15.6 Å². The molecular formula is C29H43NO2. The van der Waals surface area contributed by atoms with Crippen LogP contribution in [-0.2, 0) is 4.74 Å². The molecule has 0 saturated carbocycles. The summed E-state index contributed by atoms with van der Waals surface area (Å²) in [4.78, 5) is 0. The summed E-state index contributed by atoms with van der Waals surface area (Å²) in [5, 5.41) is 10.8. The molecule has 3 aliphatic rings. The Kier molecular flexibility index (Phi) is 8.27. The van der Waals surface area contributed by atoms with Gasteiger partial charge in [0.05, 0.1) is 0 Å². The van der Waals surface area contributed by atoms with Gasteiger partial charge in [-0.05, 0) is 54.1 Å². The first kappa shape index (κ1) is 24.6. The molecule has 0 bridgehead atoms. The van der Waals surface area contributed by atoms with Crippen molar-refractivity contribution < 1.29 is 9.84 Å². The molecule has 32 heavy (non-hydrogen) atoms. The van der Waals surface area contributed by atoms with E-state index in [1.165, 1.54) is 11.1 Å². The van der Waals surface area contributed by atoms with Gasteiger partial charge in [-0.3, -0.25) is 0 Å². The highest BCUT2D eigenvalue weighted by molar-refractivity contribution is 5.41. The smallest absolute Gasteiger partial charge is 0.110 e. The van der Waals surface area contributed by atoms with Crippen LogP contribution in [0.25, 0.3) is 0 Å². The van der Waals surface area contributed by atoms with E-state index < -0.39 is 0 Å². The van der Waals surface area contributed by atoms with Crippen molar-refractivity contribution in [2.75, 3.05) is 13.2 Å². The molecule has 0 aliphatic heterocycles. The van der Waals surface area contributed by atoms with Gasteiger partial charge in [-0.1, -0.05) is 77.5 Å². The first-order chi connectivity index (χ1) is 15.2. The van der Waals surface area contributed by atoms with Crippen LogP contribution in [0, 0.1) is 29.6 Å². The Balaban J connectivity index is 1.94. The number of aliphatic hydroxyl groups excluding tert-OH is 1. The molecule has 0 spiro atoms. The summed E-state index contributed by atoms with van der Waals surface area (Å²) in [5.74, 6) is 3.54. The monoisotopic (exact) mass is 437 g/mol. The van der Waals surface area contributed by atoms with Crippen LogP contribution in [0.3, 0.4) is 0 Å². The summed E-state index contributed by atoms with van der Waals surface area (Å²) in [5.41, 5.74) is 12.3. The molecule has 0 heterocycles. The third kappa shape index (κ3) is 5.31. The number of nitrogens with two attached hydrogens (primary N) is 1. The van der Waals surface area contributed by atoms with E-state index in [2.05, 4.69) is 65.8 Å². The van der Waals surface area contributed by atoms with Crippen LogP contribution >= 0.6 is 0 Å². The normalized spacial score (nSPS) is 24.4. The molecule has 3 heteroatoms. The first-order valence-corrected chi connectivity index (χ1v) is 12.5. The molecule has 3 aliphatic carbocycles. The Bertz CT molecular complexity index is 877. The molecule has 0 aromatic rings. The van der Waals surface area contributed by atoms with Crippen molar-refractivity contribution in [3.63, 3.8) is 0 Å². The second kappa shape index (κ2) is 10.7. The molecule has 2 atom stereocenters. The lowest BCUT2D eigenvalue weighted by atomic mass is 9.73. The average molecular weight is 438 g/mol. The van der Waals surface area contributed by atoms with Crippen molar-refractivity contribution in [2.24, 2.45) is 35.3 Å². The minimum Gasteiger partial charge on any atom is -0.511 e. The van der Waals surface area contributed by atoms with Crippen LogP contribution in [0.15, 0.2) is 69.8 Å². The highest BCUT2D eigenvalue weighted by Gasteiger charge is 2.30. The third-order valence-corrected chi connectivity index (χ3v) is 7.29. The van der Waals surface area contributed by atoms with E-state index in [9.17, 15) is 5.11 Å². The molecule has 3 rings (SSSR count). The van der Waals surface area contributed by atoms with Gasteiger partial charge in [0.1, 0.15) is 18.1 Å². The zero-order valence-electron chi connectivity index (χ0n) is 20.9. The predicted molar refractivity (Wildman–Crippen MR) is 135 cm³/mol. The Morgan fingerprint density at radius 2 is 1.81 bits per heavy atom. The zero-order valence-corrected chi connectivity index (χ0v) is 20.9. The van der Waals surface area contributed by atoms with Crippen molar-refractivity contribution in [1.82, 2.24) is 0 Å². The van der Waals surface area contributed by atoms with Gasteiger partial charge in [0.25, 0.3) is 0 Å². The molecule has 3 N–H and O–H groups in total. The van der Waals surface area contributed by atoms with Crippen LogP contribution in [0.4, 0.5) is 0 Å². The van der Waals surface area contributed by atoms with Crippen LogP contribution in [-0.4, -0.2) is 18.3 Å². The number of ether oxygens (including phenoxy) is 1. The molecule has 0 aromatic carbocycles. The second-order valence-electron chi connectivity index (χ2n) is 10.5. The highest BCUT2D eigenvalue weighted by Crippen LogP contribution is 2.41. The lowest BCUT2D eigenvalue weighted by Crippen LogP contribution is -2.24. The predicted octanol–water partition coefficient (Wildman–Crippen LogP) is 7.16. The largest absolute Gasteiger partial charge is 0.511 e. The van der Waals surface area contributed by atoms with Gasteiger partial charge >= 0.3 is 0 Å². The van der Waals surface area contributed by atoms with Gasteiger partial charge in [-0.2, -0.15) is 0 Å². The maximum Gasteiger partial charge on any atom is 0.110 e.